The van der Waals surface area contributed by atoms with E-state index in [1.807, 2.05) is 62.4 Å². The van der Waals surface area contributed by atoms with Crippen LogP contribution in [0, 0.1) is 0 Å². The zero-order valence-corrected chi connectivity index (χ0v) is 16.5. The van der Waals surface area contributed by atoms with Gasteiger partial charge in [0.15, 0.2) is 0 Å². The molecular weight excluding hydrogens is 368 g/mol. The number of carbonyl (C=O) groups is 1. The van der Waals surface area contributed by atoms with Crippen molar-refractivity contribution < 1.29 is 9.53 Å². The highest BCUT2D eigenvalue weighted by atomic mass is 35.5. The molecule has 3 rings (SSSR count). The number of anilines is 1. The van der Waals surface area contributed by atoms with Gasteiger partial charge in [0.25, 0.3) is 0 Å². The van der Waals surface area contributed by atoms with E-state index in [4.69, 9.17) is 16.3 Å². The molecule has 1 N–H and O–H groups in total. The van der Waals surface area contributed by atoms with Gasteiger partial charge in [-0.25, -0.2) is 0 Å². The third-order valence-corrected chi connectivity index (χ3v) is 5.40. The highest BCUT2D eigenvalue weighted by Gasteiger charge is 2.23. The van der Waals surface area contributed by atoms with Gasteiger partial charge in [-0.2, -0.15) is 0 Å². The first-order valence-electron chi connectivity index (χ1n) is 8.69. The van der Waals surface area contributed by atoms with Gasteiger partial charge in [0.1, 0.15) is 0 Å². The first kappa shape index (κ1) is 19.2. The second-order valence-corrected chi connectivity index (χ2v) is 8.10. The Bertz CT molecular complexity index is 744. The molecule has 2 unspecified atom stereocenters. The maximum absolute atomic E-state index is 12.5. The van der Waals surface area contributed by atoms with Crippen molar-refractivity contribution in [3.63, 3.8) is 0 Å². The van der Waals surface area contributed by atoms with Gasteiger partial charge in [-0.15, -0.1) is 0 Å². The Kier molecular flexibility index (Phi) is 6.59. The molecule has 1 amide bonds. The summed E-state index contributed by atoms with van der Waals surface area (Å²) in [7, 11) is 0. The fraction of sp³-hybridized carbons (Fsp3) is 0.350. The average molecular weight is 391 g/mol. The van der Waals surface area contributed by atoms with Gasteiger partial charge in [0.05, 0.1) is 24.4 Å². The number of nitrogens with zero attached hydrogens (tertiary/aromatic N) is 1. The Morgan fingerprint density at radius 3 is 2.50 bits per heavy atom. The van der Waals surface area contributed by atoms with E-state index in [1.165, 1.54) is 0 Å². The Balaban J connectivity index is 1.64. The number of hydrogen-bond acceptors (Lipinski definition) is 4. The van der Waals surface area contributed by atoms with E-state index in [0.717, 1.165) is 28.6 Å². The molecule has 2 aromatic carbocycles. The van der Waals surface area contributed by atoms with Crippen LogP contribution in [0.2, 0.25) is 5.02 Å². The standard InChI is InChI=1S/C20H23ClN2O2S/c1-14-11-23(12-15(2)25-14)13-20(24)22-18-5-3-4-6-19(18)26-17-9-7-16(21)8-10-17/h3-10,14-15H,11-13H2,1-2H3,(H,22,24). The second kappa shape index (κ2) is 8.91. The van der Waals surface area contributed by atoms with E-state index in [9.17, 15) is 4.79 Å². The van der Waals surface area contributed by atoms with Crippen LogP contribution in [-0.2, 0) is 9.53 Å². The third-order valence-electron chi connectivity index (χ3n) is 4.07. The van der Waals surface area contributed by atoms with E-state index >= 15 is 0 Å². The molecule has 1 aliphatic heterocycles. The van der Waals surface area contributed by atoms with Gasteiger partial charge in [-0.3, -0.25) is 9.69 Å². The van der Waals surface area contributed by atoms with Gasteiger partial charge in [-0.1, -0.05) is 35.5 Å². The third kappa shape index (κ3) is 5.48. The summed E-state index contributed by atoms with van der Waals surface area (Å²) in [6.07, 6.45) is 0.304. The van der Waals surface area contributed by atoms with Crippen molar-refractivity contribution in [1.29, 1.82) is 0 Å². The quantitative estimate of drug-likeness (QED) is 0.813. The van der Waals surface area contributed by atoms with Crippen molar-refractivity contribution in [2.45, 2.75) is 35.8 Å². The summed E-state index contributed by atoms with van der Waals surface area (Å²) < 4.78 is 5.72. The van der Waals surface area contributed by atoms with E-state index in [-0.39, 0.29) is 18.1 Å². The van der Waals surface area contributed by atoms with Crippen molar-refractivity contribution >= 4 is 35.0 Å². The second-order valence-electron chi connectivity index (χ2n) is 6.55. The van der Waals surface area contributed by atoms with Gasteiger partial charge in [0, 0.05) is 27.9 Å². The number of rotatable bonds is 5. The number of para-hydroxylation sites is 1. The molecule has 4 nitrogen and oxygen atoms in total. The van der Waals surface area contributed by atoms with Crippen LogP contribution in [0.1, 0.15) is 13.8 Å². The summed E-state index contributed by atoms with van der Waals surface area (Å²) in [6.45, 7) is 6.01. The van der Waals surface area contributed by atoms with Crippen LogP contribution in [0.3, 0.4) is 0 Å². The Hall–Kier alpha value is -1.53. The maximum Gasteiger partial charge on any atom is 0.238 e. The predicted molar refractivity (Wildman–Crippen MR) is 107 cm³/mol. The van der Waals surface area contributed by atoms with E-state index in [2.05, 4.69) is 10.2 Å². The normalized spacial score (nSPS) is 20.7. The average Bonchev–Trinajstić information content (AvgIpc) is 2.57. The largest absolute Gasteiger partial charge is 0.373 e. The fourth-order valence-corrected chi connectivity index (χ4v) is 4.12. The molecule has 0 saturated carbocycles. The lowest BCUT2D eigenvalue weighted by atomic mass is 10.2. The molecule has 138 valence electrons. The molecule has 1 heterocycles. The number of nitrogens with one attached hydrogen (secondary N) is 1. The van der Waals surface area contributed by atoms with Crippen LogP contribution >= 0.6 is 23.4 Å². The zero-order valence-electron chi connectivity index (χ0n) is 14.9. The molecule has 0 aliphatic carbocycles. The highest BCUT2D eigenvalue weighted by molar-refractivity contribution is 7.99. The van der Waals surface area contributed by atoms with Crippen molar-refractivity contribution in [2.75, 3.05) is 25.0 Å². The maximum atomic E-state index is 12.5. The predicted octanol–water partition coefficient (Wildman–Crippen LogP) is 4.54. The molecule has 2 aromatic rings. The molecule has 0 radical (unpaired) electrons. The number of morpholine rings is 1. The van der Waals surface area contributed by atoms with Crippen LogP contribution in [0.25, 0.3) is 0 Å². The molecule has 6 heteroatoms. The van der Waals surface area contributed by atoms with Crippen molar-refractivity contribution in [3.8, 4) is 0 Å². The monoisotopic (exact) mass is 390 g/mol. The number of halogens is 1. The van der Waals surface area contributed by atoms with Crippen molar-refractivity contribution in [3.05, 3.63) is 53.6 Å². The molecule has 1 aliphatic rings. The summed E-state index contributed by atoms with van der Waals surface area (Å²) in [5, 5.41) is 3.76. The van der Waals surface area contributed by atoms with Crippen molar-refractivity contribution in [2.24, 2.45) is 0 Å². The zero-order chi connectivity index (χ0) is 18.5. The van der Waals surface area contributed by atoms with E-state index < -0.39 is 0 Å². The molecule has 0 bridgehead atoms. The lowest BCUT2D eigenvalue weighted by Crippen LogP contribution is -2.48. The van der Waals surface area contributed by atoms with Crippen molar-refractivity contribution in [1.82, 2.24) is 4.90 Å². The van der Waals surface area contributed by atoms with Gasteiger partial charge in [0.2, 0.25) is 5.91 Å². The number of benzene rings is 2. The first-order valence-corrected chi connectivity index (χ1v) is 9.89. The van der Waals surface area contributed by atoms with Gasteiger partial charge < -0.3 is 10.1 Å². The highest BCUT2D eigenvalue weighted by Crippen LogP contribution is 2.33. The minimum absolute atomic E-state index is 0.00421. The summed E-state index contributed by atoms with van der Waals surface area (Å²) in [4.78, 5) is 16.7. The summed E-state index contributed by atoms with van der Waals surface area (Å²) >= 11 is 7.55. The summed E-state index contributed by atoms with van der Waals surface area (Å²) in [5.41, 5.74) is 0.826. The Morgan fingerprint density at radius 2 is 1.81 bits per heavy atom. The first-order chi connectivity index (χ1) is 12.5. The topological polar surface area (TPSA) is 41.6 Å². The lowest BCUT2D eigenvalue weighted by Gasteiger charge is -2.34. The lowest BCUT2D eigenvalue weighted by molar-refractivity contribution is -0.121. The van der Waals surface area contributed by atoms with Crippen LogP contribution in [-0.4, -0.2) is 42.6 Å². The molecule has 2 atom stereocenters. The Morgan fingerprint density at radius 1 is 1.15 bits per heavy atom. The fourth-order valence-electron chi connectivity index (χ4n) is 3.09. The van der Waals surface area contributed by atoms with Crippen LogP contribution in [0.15, 0.2) is 58.3 Å². The number of hydrogen-bond donors (Lipinski definition) is 1. The molecular formula is C20H23ClN2O2S. The smallest absolute Gasteiger partial charge is 0.238 e. The molecule has 26 heavy (non-hydrogen) atoms. The van der Waals surface area contributed by atoms with Crippen LogP contribution in [0.4, 0.5) is 5.69 Å². The minimum Gasteiger partial charge on any atom is -0.373 e. The SMILES string of the molecule is CC1CN(CC(=O)Nc2ccccc2Sc2ccc(Cl)cc2)CC(C)O1. The minimum atomic E-state index is -0.00421. The molecule has 1 fully saturated rings. The molecule has 0 aromatic heterocycles. The number of ether oxygens (including phenoxy) is 1. The van der Waals surface area contributed by atoms with Gasteiger partial charge in [-0.05, 0) is 50.2 Å². The number of carbonyl (C=O) groups excluding carboxylic acids is 1. The summed E-state index contributed by atoms with van der Waals surface area (Å²) in [6, 6.07) is 15.5. The summed E-state index contributed by atoms with van der Waals surface area (Å²) in [5.74, 6) is -0.00421. The van der Waals surface area contributed by atoms with E-state index in [0.29, 0.717) is 11.6 Å². The van der Waals surface area contributed by atoms with Crippen LogP contribution < -0.4 is 5.32 Å². The van der Waals surface area contributed by atoms with E-state index in [1.54, 1.807) is 11.8 Å². The number of amides is 1. The molecule has 0 spiro atoms. The molecule has 1 saturated heterocycles. The van der Waals surface area contributed by atoms with Gasteiger partial charge >= 0.3 is 0 Å². The Labute approximate surface area is 163 Å². The van der Waals surface area contributed by atoms with Crippen LogP contribution in [0.5, 0.6) is 0 Å².